The number of nitrogens with zero attached hydrogens (tertiary/aromatic N) is 2. The Kier molecular flexibility index (Phi) is 3.62. The highest BCUT2D eigenvalue weighted by Gasteiger charge is 2.25. The minimum absolute atomic E-state index is 0.0384. The summed E-state index contributed by atoms with van der Waals surface area (Å²) in [4.78, 5) is 13.7. The molecule has 1 aromatic rings. The summed E-state index contributed by atoms with van der Waals surface area (Å²) in [5, 5.41) is 0. The highest BCUT2D eigenvalue weighted by Crippen LogP contribution is 2.12. The predicted octanol–water partition coefficient (Wildman–Crippen LogP) is 1.63. The molecule has 1 aromatic heterocycles. The lowest BCUT2D eigenvalue weighted by Crippen LogP contribution is -2.48. The molecule has 94 valence electrons. The molecule has 0 unspecified atom stereocenters. The smallest absolute Gasteiger partial charge is 0.250 e. The van der Waals surface area contributed by atoms with Crippen LogP contribution in [0.2, 0.25) is 0 Å². The van der Waals surface area contributed by atoms with Gasteiger partial charge >= 0.3 is 0 Å². The fourth-order valence-electron chi connectivity index (χ4n) is 2.08. The Morgan fingerprint density at radius 2 is 2.12 bits per heavy atom. The molecule has 17 heavy (non-hydrogen) atoms. The molecule has 2 heterocycles. The molecule has 4 heteroatoms. The molecule has 0 saturated carbocycles. The molecule has 0 bridgehead atoms. The first-order chi connectivity index (χ1) is 8.06. The van der Waals surface area contributed by atoms with E-state index >= 15 is 0 Å². The van der Waals surface area contributed by atoms with E-state index in [0.29, 0.717) is 13.1 Å². The second kappa shape index (κ2) is 5.00. The van der Waals surface area contributed by atoms with Gasteiger partial charge in [0, 0.05) is 37.9 Å². The first-order valence-electron chi connectivity index (χ1n) is 6.14. The van der Waals surface area contributed by atoms with Crippen molar-refractivity contribution in [3.05, 3.63) is 34.2 Å². The van der Waals surface area contributed by atoms with Crippen molar-refractivity contribution in [3.63, 3.8) is 0 Å². The molecule has 0 N–H and O–H groups in total. The van der Waals surface area contributed by atoms with Crippen LogP contribution in [0.5, 0.6) is 0 Å². The van der Waals surface area contributed by atoms with Gasteiger partial charge in [-0.1, -0.05) is 6.07 Å². The molecule has 0 aromatic carbocycles. The number of hydrogen-bond acceptors (Lipinski definition) is 2. The SMILES string of the molecule is CC(C)n1cc(CCN2CC(F)C2)ccc1=O. The van der Waals surface area contributed by atoms with Gasteiger partial charge in [-0.25, -0.2) is 4.39 Å². The number of halogens is 1. The van der Waals surface area contributed by atoms with E-state index in [1.807, 2.05) is 26.1 Å². The third-order valence-electron chi connectivity index (χ3n) is 3.19. The van der Waals surface area contributed by atoms with Crippen molar-refractivity contribution in [1.82, 2.24) is 9.47 Å². The molecule has 0 amide bonds. The van der Waals surface area contributed by atoms with Gasteiger partial charge in [-0.3, -0.25) is 9.69 Å². The van der Waals surface area contributed by atoms with Crippen molar-refractivity contribution in [3.8, 4) is 0 Å². The van der Waals surface area contributed by atoms with Crippen LogP contribution >= 0.6 is 0 Å². The fraction of sp³-hybridized carbons (Fsp3) is 0.615. The maximum absolute atomic E-state index is 12.6. The molecule has 2 rings (SSSR count). The summed E-state index contributed by atoms with van der Waals surface area (Å²) in [7, 11) is 0. The van der Waals surface area contributed by atoms with Crippen LogP contribution in [-0.2, 0) is 6.42 Å². The topological polar surface area (TPSA) is 25.2 Å². The lowest BCUT2D eigenvalue weighted by atomic mass is 10.1. The number of pyridine rings is 1. The molecular weight excluding hydrogens is 219 g/mol. The highest BCUT2D eigenvalue weighted by atomic mass is 19.1. The van der Waals surface area contributed by atoms with E-state index in [9.17, 15) is 9.18 Å². The first kappa shape index (κ1) is 12.3. The maximum Gasteiger partial charge on any atom is 0.250 e. The minimum atomic E-state index is -0.639. The van der Waals surface area contributed by atoms with E-state index < -0.39 is 6.17 Å². The molecule has 3 nitrogen and oxygen atoms in total. The predicted molar refractivity (Wildman–Crippen MR) is 66.1 cm³/mol. The Labute approximate surface area is 101 Å². The third-order valence-corrected chi connectivity index (χ3v) is 3.19. The number of hydrogen-bond donors (Lipinski definition) is 0. The highest BCUT2D eigenvalue weighted by molar-refractivity contribution is 5.11. The number of alkyl halides is 1. The Balaban J connectivity index is 1.97. The molecule has 0 spiro atoms. The zero-order valence-electron chi connectivity index (χ0n) is 10.4. The van der Waals surface area contributed by atoms with Crippen LogP contribution in [0.4, 0.5) is 4.39 Å². The van der Waals surface area contributed by atoms with Gasteiger partial charge in [-0.15, -0.1) is 0 Å². The normalized spacial score (nSPS) is 17.4. The zero-order chi connectivity index (χ0) is 12.4. The van der Waals surface area contributed by atoms with Crippen molar-refractivity contribution in [2.75, 3.05) is 19.6 Å². The Bertz CT molecular complexity index is 435. The number of rotatable bonds is 4. The zero-order valence-corrected chi connectivity index (χ0v) is 10.4. The van der Waals surface area contributed by atoms with Crippen LogP contribution in [0, 0.1) is 0 Å². The van der Waals surface area contributed by atoms with Crippen LogP contribution in [0.25, 0.3) is 0 Å². The standard InChI is InChI=1S/C13H19FN2O/c1-10(2)16-7-11(3-4-13(16)17)5-6-15-8-12(14)9-15/h3-4,7,10,12H,5-6,8-9H2,1-2H3. The fourth-order valence-corrected chi connectivity index (χ4v) is 2.08. The molecule has 1 saturated heterocycles. The molecule has 0 atom stereocenters. The summed E-state index contributed by atoms with van der Waals surface area (Å²) in [5.41, 5.74) is 1.18. The van der Waals surface area contributed by atoms with Crippen molar-refractivity contribution >= 4 is 0 Å². The average Bonchev–Trinajstić information content (AvgIpc) is 2.24. The van der Waals surface area contributed by atoms with Gasteiger partial charge in [0.2, 0.25) is 0 Å². The van der Waals surface area contributed by atoms with Gasteiger partial charge < -0.3 is 4.57 Å². The van der Waals surface area contributed by atoms with Crippen LogP contribution in [-0.4, -0.2) is 35.3 Å². The molecule has 1 fully saturated rings. The van der Waals surface area contributed by atoms with E-state index in [1.54, 1.807) is 10.6 Å². The van der Waals surface area contributed by atoms with Gasteiger partial charge in [-0.2, -0.15) is 0 Å². The largest absolute Gasteiger partial charge is 0.313 e. The van der Waals surface area contributed by atoms with E-state index in [4.69, 9.17) is 0 Å². The monoisotopic (exact) mass is 238 g/mol. The van der Waals surface area contributed by atoms with Gasteiger partial charge in [0.1, 0.15) is 6.17 Å². The lowest BCUT2D eigenvalue weighted by Gasteiger charge is -2.34. The summed E-state index contributed by atoms with van der Waals surface area (Å²) < 4.78 is 14.4. The van der Waals surface area contributed by atoms with E-state index in [1.165, 1.54) is 0 Å². The molecule has 0 aliphatic carbocycles. The molecule has 1 aliphatic rings. The average molecular weight is 238 g/mol. The summed E-state index contributed by atoms with van der Waals surface area (Å²) >= 11 is 0. The Morgan fingerprint density at radius 1 is 1.41 bits per heavy atom. The first-order valence-corrected chi connectivity index (χ1v) is 6.14. The van der Waals surface area contributed by atoms with Crippen molar-refractivity contribution in [2.45, 2.75) is 32.5 Å². The number of aromatic nitrogens is 1. The van der Waals surface area contributed by atoms with Crippen LogP contribution < -0.4 is 5.56 Å². The van der Waals surface area contributed by atoms with E-state index in [0.717, 1.165) is 18.5 Å². The van der Waals surface area contributed by atoms with Crippen molar-refractivity contribution in [1.29, 1.82) is 0 Å². The second-order valence-electron chi connectivity index (χ2n) is 4.98. The summed E-state index contributed by atoms with van der Waals surface area (Å²) in [6.07, 6.45) is 2.15. The quantitative estimate of drug-likeness (QED) is 0.796. The van der Waals surface area contributed by atoms with Crippen molar-refractivity contribution in [2.24, 2.45) is 0 Å². The maximum atomic E-state index is 12.6. The molecule has 1 aliphatic heterocycles. The second-order valence-corrected chi connectivity index (χ2v) is 4.98. The Hall–Kier alpha value is -1.16. The van der Waals surface area contributed by atoms with Crippen molar-refractivity contribution < 1.29 is 4.39 Å². The number of likely N-dealkylation sites (tertiary alicyclic amines) is 1. The Morgan fingerprint density at radius 3 is 2.71 bits per heavy atom. The summed E-state index contributed by atoms with van der Waals surface area (Å²) in [5.74, 6) is 0. The van der Waals surface area contributed by atoms with Gasteiger partial charge in [0.05, 0.1) is 0 Å². The lowest BCUT2D eigenvalue weighted by molar-refractivity contribution is 0.0670. The molecular formula is C13H19FN2O. The van der Waals surface area contributed by atoms with E-state index in [2.05, 4.69) is 4.90 Å². The summed E-state index contributed by atoms with van der Waals surface area (Å²) in [6, 6.07) is 3.67. The van der Waals surface area contributed by atoms with Gasteiger partial charge in [0.25, 0.3) is 5.56 Å². The minimum Gasteiger partial charge on any atom is -0.313 e. The third kappa shape index (κ3) is 2.94. The van der Waals surface area contributed by atoms with Crippen LogP contribution in [0.1, 0.15) is 25.5 Å². The van der Waals surface area contributed by atoms with Crippen LogP contribution in [0.15, 0.2) is 23.1 Å². The van der Waals surface area contributed by atoms with Crippen LogP contribution in [0.3, 0.4) is 0 Å². The van der Waals surface area contributed by atoms with Gasteiger partial charge in [-0.05, 0) is 25.8 Å². The molecule has 0 radical (unpaired) electrons. The van der Waals surface area contributed by atoms with E-state index in [-0.39, 0.29) is 11.6 Å². The van der Waals surface area contributed by atoms with Gasteiger partial charge in [0.15, 0.2) is 0 Å². The summed E-state index contributed by atoms with van der Waals surface area (Å²) in [6.45, 7) is 5.98.